The maximum absolute atomic E-state index is 14.1. The molecule has 2 aromatic heterocycles. The molecule has 15 heteroatoms. The molecule has 0 bridgehead atoms. The number of halogens is 4. The Bertz CT molecular complexity index is 1480. The fourth-order valence-corrected chi connectivity index (χ4v) is 6.70. The zero-order chi connectivity index (χ0) is 31.4. The molecule has 4 heterocycles. The third kappa shape index (κ3) is 7.93. The van der Waals surface area contributed by atoms with Crippen LogP contribution in [-0.2, 0) is 4.57 Å². The highest BCUT2D eigenvalue weighted by atomic mass is 35.5. The van der Waals surface area contributed by atoms with Crippen LogP contribution < -0.4 is 25.6 Å². The lowest BCUT2D eigenvalue weighted by Gasteiger charge is -2.42. The highest BCUT2D eigenvalue weighted by Crippen LogP contribution is 2.39. The number of nitrogens with one attached hydrogen (secondary N) is 2. The monoisotopic (exact) mass is 652 g/mol. The number of nitrogens with zero attached hydrogens (tertiary/aromatic N) is 6. The van der Waals surface area contributed by atoms with Crippen molar-refractivity contribution in [3.63, 3.8) is 0 Å². The van der Waals surface area contributed by atoms with Crippen LogP contribution in [0.15, 0.2) is 42.6 Å². The maximum atomic E-state index is 14.1. The fourth-order valence-electron chi connectivity index (χ4n) is 5.41. The summed E-state index contributed by atoms with van der Waals surface area (Å²) < 4.78 is 58.2. The van der Waals surface area contributed by atoms with Gasteiger partial charge in [0, 0.05) is 50.6 Å². The molecule has 2 fully saturated rings. The quantitative estimate of drug-likeness (QED) is 0.277. The van der Waals surface area contributed by atoms with Gasteiger partial charge in [0.15, 0.2) is 5.82 Å². The van der Waals surface area contributed by atoms with E-state index in [9.17, 15) is 17.7 Å². The molecule has 2 aliphatic heterocycles. The van der Waals surface area contributed by atoms with Gasteiger partial charge < -0.3 is 29.7 Å². The van der Waals surface area contributed by atoms with Crippen LogP contribution in [0, 0.1) is 0 Å². The second-order valence-corrected chi connectivity index (χ2v) is 15.0. The predicted octanol–water partition coefficient (Wildman–Crippen LogP) is 5.42. The van der Waals surface area contributed by atoms with E-state index < -0.39 is 19.9 Å². The number of pyridine rings is 1. The van der Waals surface area contributed by atoms with Gasteiger partial charge in [-0.25, -0.2) is 13.8 Å². The van der Waals surface area contributed by atoms with Crippen LogP contribution in [0.3, 0.4) is 0 Å². The number of hydrogen-bond acceptors (Lipinski definition) is 10. The van der Waals surface area contributed by atoms with Crippen molar-refractivity contribution in [3.8, 4) is 5.88 Å². The lowest BCUT2D eigenvalue weighted by Crippen LogP contribution is -2.52. The molecule has 0 amide bonds. The summed E-state index contributed by atoms with van der Waals surface area (Å²) in [6, 6.07) is 10.9. The number of piperidine rings is 1. The normalized spacial score (nSPS) is 18.0. The summed E-state index contributed by atoms with van der Waals surface area (Å²) in [6.07, 6.45) is -3.01. The van der Waals surface area contributed by atoms with Gasteiger partial charge >= 0.3 is 6.43 Å². The smallest absolute Gasteiger partial charge is 0.304 e. The number of piperazine rings is 1. The van der Waals surface area contributed by atoms with E-state index in [1.54, 1.807) is 49.7 Å². The standard InChI is InChI=1S/C29H37ClF3N8O2P/c1-39-14-16-40(17-15-39)19-10-12-41(13-11-19)24-9-8-22(28(37-24)43-26(33)25(31)32)36-29-34-18-20(30)27(38-29)35-21-6-4-5-7-23(21)44(2,3)42/h4-9,18-19,25-26H,10-17H2,1-3H3,(H2,34,35,36,38). The Morgan fingerprint density at radius 1 is 0.955 bits per heavy atom. The lowest BCUT2D eigenvalue weighted by atomic mass is 10.0. The molecule has 0 aliphatic carbocycles. The number of hydrogen-bond donors (Lipinski definition) is 2. The molecule has 10 nitrogen and oxygen atoms in total. The van der Waals surface area contributed by atoms with E-state index in [1.165, 1.54) is 6.20 Å². The van der Waals surface area contributed by atoms with E-state index in [0.717, 1.165) is 52.1 Å². The minimum atomic E-state index is -3.36. The molecule has 0 radical (unpaired) electrons. The SMILES string of the molecule is CN1CCN(C2CCN(c3ccc(Nc4ncc(Cl)c(Nc5ccccc5P(C)(C)=O)n4)c(OC(F)C(F)F)n3)CC2)CC1. The third-order valence-corrected chi connectivity index (χ3v) is 9.67. The number of para-hydroxylation sites is 1. The summed E-state index contributed by atoms with van der Waals surface area (Å²) in [5.41, 5.74) is 0.667. The highest BCUT2D eigenvalue weighted by Gasteiger charge is 2.29. The van der Waals surface area contributed by atoms with Crippen LogP contribution in [-0.4, -0.2) is 103 Å². The van der Waals surface area contributed by atoms with Crippen molar-refractivity contribution >= 4 is 53.0 Å². The summed E-state index contributed by atoms with van der Waals surface area (Å²) in [5, 5.41) is 6.81. The number of alkyl halides is 3. The minimum absolute atomic E-state index is 0.0328. The Balaban J connectivity index is 1.34. The molecule has 44 heavy (non-hydrogen) atoms. The van der Waals surface area contributed by atoms with E-state index in [4.69, 9.17) is 16.3 Å². The van der Waals surface area contributed by atoms with Crippen molar-refractivity contribution in [3.05, 3.63) is 47.6 Å². The Hall–Kier alpha value is -3.12. The van der Waals surface area contributed by atoms with Gasteiger partial charge in [0.25, 0.3) is 6.36 Å². The second kappa shape index (κ2) is 13.9. The minimum Gasteiger partial charge on any atom is -0.435 e. The van der Waals surface area contributed by atoms with Gasteiger partial charge in [-0.15, -0.1) is 0 Å². The van der Waals surface area contributed by atoms with Crippen molar-refractivity contribution in [2.75, 3.05) is 75.2 Å². The van der Waals surface area contributed by atoms with Crippen LogP contribution in [0.1, 0.15) is 12.8 Å². The summed E-state index contributed by atoms with van der Waals surface area (Å²) in [4.78, 5) is 19.9. The van der Waals surface area contributed by atoms with Gasteiger partial charge in [0.05, 0.1) is 11.9 Å². The number of benzene rings is 1. The first-order valence-corrected chi connectivity index (χ1v) is 17.4. The maximum Gasteiger partial charge on any atom is 0.304 e. The van der Waals surface area contributed by atoms with Crippen molar-refractivity contribution in [1.29, 1.82) is 0 Å². The highest BCUT2D eigenvalue weighted by molar-refractivity contribution is 7.70. The predicted molar refractivity (Wildman–Crippen MR) is 169 cm³/mol. The topological polar surface area (TPSA) is 98.8 Å². The summed E-state index contributed by atoms with van der Waals surface area (Å²) in [7, 11) is -0.495. The van der Waals surface area contributed by atoms with Gasteiger partial charge in [-0.1, -0.05) is 23.7 Å². The van der Waals surface area contributed by atoms with Gasteiger partial charge in [0.1, 0.15) is 23.7 Å². The first-order valence-electron chi connectivity index (χ1n) is 14.5. The third-order valence-electron chi connectivity index (χ3n) is 7.84. The molecule has 1 atom stereocenters. The zero-order valence-electron chi connectivity index (χ0n) is 24.9. The van der Waals surface area contributed by atoms with Gasteiger partial charge in [-0.05, 0) is 57.5 Å². The van der Waals surface area contributed by atoms with E-state index in [2.05, 4.69) is 47.3 Å². The molecule has 1 unspecified atom stereocenters. The molecule has 0 saturated carbocycles. The van der Waals surface area contributed by atoms with E-state index in [1.807, 2.05) is 0 Å². The Kier molecular flexibility index (Phi) is 10.2. The van der Waals surface area contributed by atoms with E-state index >= 15 is 0 Å². The van der Waals surface area contributed by atoms with E-state index in [-0.39, 0.29) is 28.4 Å². The summed E-state index contributed by atoms with van der Waals surface area (Å²) >= 11 is 6.36. The Morgan fingerprint density at radius 2 is 1.66 bits per heavy atom. The van der Waals surface area contributed by atoms with Crippen molar-refractivity contribution < 1.29 is 22.5 Å². The average Bonchev–Trinajstić information content (AvgIpc) is 3.00. The molecular weight excluding hydrogens is 616 g/mol. The molecule has 2 aliphatic rings. The van der Waals surface area contributed by atoms with Crippen LogP contribution in [0.2, 0.25) is 5.02 Å². The largest absolute Gasteiger partial charge is 0.435 e. The molecule has 3 aromatic rings. The number of rotatable bonds is 10. The number of ether oxygens (including phenoxy) is 1. The summed E-state index contributed by atoms with van der Waals surface area (Å²) in [5.74, 6) is 0.415. The van der Waals surface area contributed by atoms with Crippen LogP contribution in [0.4, 0.5) is 42.1 Å². The molecule has 0 spiro atoms. The lowest BCUT2D eigenvalue weighted by molar-refractivity contribution is -0.0685. The van der Waals surface area contributed by atoms with Crippen LogP contribution >= 0.6 is 18.7 Å². The first kappa shape index (κ1) is 32.3. The second-order valence-electron chi connectivity index (χ2n) is 11.4. The zero-order valence-corrected chi connectivity index (χ0v) is 26.5. The number of aromatic nitrogens is 3. The Morgan fingerprint density at radius 3 is 2.34 bits per heavy atom. The van der Waals surface area contributed by atoms with Crippen LogP contribution in [0.25, 0.3) is 0 Å². The van der Waals surface area contributed by atoms with Crippen molar-refractivity contribution in [2.45, 2.75) is 31.7 Å². The van der Waals surface area contributed by atoms with Gasteiger partial charge in [0.2, 0.25) is 11.8 Å². The van der Waals surface area contributed by atoms with Gasteiger partial charge in [-0.2, -0.15) is 14.4 Å². The molecule has 1 aromatic carbocycles. The molecule has 5 rings (SSSR count). The van der Waals surface area contributed by atoms with Crippen molar-refractivity contribution in [1.82, 2.24) is 24.8 Å². The number of anilines is 5. The van der Waals surface area contributed by atoms with Crippen molar-refractivity contribution in [2.24, 2.45) is 0 Å². The average molecular weight is 653 g/mol. The molecule has 2 saturated heterocycles. The first-order chi connectivity index (χ1) is 21.0. The molecule has 238 valence electrons. The Labute approximate surface area is 260 Å². The van der Waals surface area contributed by atoms with E-state index in [0.29, 0.717) is 22.9 Å². The van der Waals surface area contributed by atoms with Crippen LogP contribution in [0.5, 0.6) is 5.88 Å². The fraction of sp³-hybridized carbons (Fsp3) is 0.483. The molecular formula is C29H37ClF3N8O2P. The summed E-state index contributed by atoms with van der Waals surface area (Å²) in [6.45, 7) is 8.95. The molecule has 2 N–H and O–H groups in total. The number of likely N-dealkylation sites (N-methyl/N-ethyl adjacent to an activating group) is 1. The van der Waals surface area contributed by atoms with Gasteiger partial charge in [-0.3, -0.25) is 4.90 Å².